The van der Waals surface area contributed by atoms with Gasteiger partial charge in [0.1, 0.15) is 0 Å². The van der Waals surface area contributed by atoms with E-state index in [4.69, 9.17) is 0 Å². The van der Waals surface area contributed by atoms with E-state index in [0.717, 1.165) is 12.8 Å². The van der Waals surface area contributed by atoms with Gasteiger partial charge in [-0.1, -0.05) is 158 Å². The second kappa shape index (κ2) is 13.3. The molecule has 8 aromatic carbocycles. The lowest BCUT2D eigenvalue weighted by atomic mass is 9.98. The van der Waals surface area contributed by atoms with Crippen LogP contribution in [0.15, 0.2) is 200 Å². The van der Waals surface area contributed by atoms with Crippen LogP contribution in [0.25, 0.3) is 94.7 Å². The van der Waals surface area contributed by atoms with E-state index in [-0.39, 0.29) is 0 Å². The van der Waals surface area contributed by atoms with Crippen LogP contribution in [0.1, 0.15) is 17.7 Å². The Morgan fingerprint density at radius 2 is 0.875 bits per heavy atom. The number of hydrogen-bond acceptors (Lipinski definition) is 0. The van der Waals surface area contributed by atoms with Gasteiger partial charge in [0.15, 0.2) is 0 Å². The molecule has 0 N–H and O–H groups in total. The van der Waals surface area contributed by atoms with E-state index in [1.807, 2.05) is 0 Å². The van der Waals surface area contributed by atoms with Crippen LogP contribution in [0.4, 0.5) is 0 Å². The summed E-state index contributed by atoms with van der Waals surface area (Å²) in [4.78, 5) is 0. The minimum Gasteiger partial charge on any atom is -0.313 e. The molecule has 0 saturated heterocycles. The van der Waals surface area contributed by atoms with Gasteiger partial charge < -0.3 is 9.13 Å². The third-order valence-corrected chi connectivity index (χ3v) is 11.6. The third-order valence-electron chi connectivity index (χ3n) is 11.6. The van der Waals surface area contributed by atoms with Crippen molar-refractivity contribution >= 4 is 38.8 Å². The average molecular weight is 715 g/mol. The molecule has 264 valence electrons. The van der Waals surface area contributed by atoms with Crippen molar-refractivity contribution in [3.05, 3.63) is 211 Å². The lowest BCUT2D eigenvalue weighted by Crippen LogP contribution is -2.02. The largest absolute Gasteiger partial charge is 0.313 e. The first-order chi connectivity index (χ1) is 27.8. The van der Waals surface area contributed by atoms with E-state index in [9.17, 15) is 0 Å². The Morgan fingerprint density at radius 3 is 1.59 bits per heavy atom. The first kappa shape index (κ1) is 32.3. The first-order valence-corrected chi connectivity index (χ1v) is 19.6. The number of benzene rings is 8. The molecule has 56 heavy (non-hydrogen) atoms. The lowest BCUT2D eigenvalue weighted by molar-refractivity contribution is 0.888. The monoisotopic (exact) mass is 714 g/mol. The van der Waals surface area contributed by atoms with Gasteiger partial charge in [-0.05, 0) is 100 Å². The standard InChI is InChI=1S/C54H38N2/c1-3-13-37(14-4-1)38-23-25-39(26-24-38)40-27-31-44(32-28-40)55-51-21-11-8-18-46(51)48-35-42(29-33-53(48)55)43-30-34-54-49(36-43)47-19-9-12-22-52(47)56(54)50-20-10-7-17-45(50)41-15-5-2-6-16-41/h1-10,12-20,22-36H,11,21H2. The summed E-state index contributed by atoms with van der Waals surface area (Å²) in [5, 5.41) is 3.82. The van der Waals surface area contributed by atoms with E-state index in [1.54, 1.807) is 0 Å². The molecule has 11 rings (SSSR count). The molecule has 0 amide bonds. The fraction of sp³-hybridized carbons (Fsp3) is 0.0370. The van der Waals surface area contributed by atoms with E-state index in [0.29, 0.717) is 0 Å². The summed E-state index contributed by atoms with van der Waals surface area (Å²) in [7, 11) is 0. The summed E-state index contributed by atoms with van der Waals surface area (Å²) < 4.78 is 4.92. The van der Waals surface area contributed by atoms with Gasteiger partial charge in [-0.15, -0.1) is 0 Å². The molecule has 0 atom stereocenters. The fourth-order valence-electron chi connectivity index (χ4n) is 8.93. The molecule has 2 heteroatoms. The smallest absolute Gasteiger partial charge is 0.0541 e. The molecule has 0 saturated carbocycles. The summed E-state index contributed by atoms with van der Waals surface area (Å²) in [6, 6.07) is 70.9. The molecule has 0 radical (unpaired) electrons. The molecule has 0 unspecified atom stereocenters. The number of allylic oxidation sites excluding steroid dienone is 1. The van der Waals surface area contributed by atoms with Gasteiger partial charge in [-0.3, -0.25) is 0 Å². The fourth-order valence-corrected chi connectivity index (χ4v) is 8.93. The van der Waals surface area contributed by atoms with Crippen LogP contribution in [-0.2, 0) is 6.42 Å². The van der Waals surface area contributed by atoms with E-state index in [2.05, 4.69) is 215 Å². The summed E-state index contributed by atoms with van der Waals surface area (Å²) >= 11 is 0. The number of hydrogen-bond donors (Lipinski definition) is 0. The van der Waals surface area contributed by atoms with Crippen LogP contribution in [0.3, 0.4) is 0 Å². The van der Waals surface area contributed by atoms with Crippen LogP contribution in [0, 0.1) is 0 Å². The van der Waals surface area contributed by atoms with Crippen molar-refractivity contribution in [3.8, 4) is 55.9 Å². The summed E-state index contributed by atoms with van der Waals surface area (Å²) in [6.45, 7) is 0. The van der Waals surface area contributed by atoms with Crippen molar-refractivity contribution < 1.29 is 0 Å². The van der Waals surface area contributed by atoms with Crippen molar-refractivity contribution in [3.63, 3.8) is 0 Å². The third kappa shape index (κ3) is 5.33. The van der Waals surface area contributed by atoms with Crippen molar-refractivity contribution in [1.29, 1.82) is 0 Å². The molecule has 10 aromatic rings. The van der Waals surface area contributed by atoms with Crippen LogP contribution >= 0.6 is 0 Å². The zero-order chi connectivity index (χ0) is 37.0. The maximum atomic E-state index is 2.49. The Labute approximate surface area is 326 Å². The Balaban J connectivity index is 0.987. The molecular weight excluding hydrogens is 677 g/mol. The van der Waals surface area contributed by atoms with Gasteiger partial charge in [0.05, 0.1) is 22.2 Å². The normalized spacial score (nSPS) is 12.4. The molecule has 1 aliphatic carbocycles. The highest BCUT2D eigenvalue weighted by atomic mass is 15.0. The van der Waals surface area contributed by atoms with Gasteiger partial charge in [-0.2, -0.15) is 0 Å². The zero-order valence-electron chi connectivity index (χ0n) is 30.9. The Hall–Kier alpha value is -7.16. The Bertz CT molecular complexity index is 3090. The maximum Gasteiger partial charge on any atom is 0.0541 e. The number of aromatic nitrogens is 2. The molecule has 2 heterocycles. The minimum absolute atomic E-state index is 1.02. The first-order valence-electron chi connectivity index (χ1n) is 19.6. The van der Waals surface area contributed by atoms with Crippen LogP contribution in [-0.4, -0.2) is 9.13 Å². The topological polar surface area (TPSA) is 9.86 Å². The zero-order valence-corrected chi connectivity index (χ0v) is 30.9. The average Bonchev–Trinajstić information content (AvgIpc) is 3.79. The molecule has 0 bridgehead atoms. The second-order valence-electron chi connectivity index (χ2n) is 14.8. The summed E-state index contributed by atoms with van der Waals surface area (Å²) in [6.07, 6.45) is 6.74. The number of rotatable bonds is 6. The highest BCUT2D eigenvalue weighted by molar-refractivity contribution is 6.11. The molecule has 1 aliphatic rings. The van der Waals surface area contributed by atoms with Crippen LogP contribution in [0.2, 0.25) is 0 Å². The second-order valence-corrected chi connectivity index (χ2v) is 14.8. The van der Waals surface area contributed by atoms with Gasteiger partial charge in [0, 0.05) is 38.7 Å². The van der Waals surface area contributed by atoms with Gasteiger partial charge >= 0.3 is 0 Å². The van der Waals surface area contributed by atoms with Crippen molar-refractivity contribution in [2.75, 3.05) is 0 Å². The maximum absolute atomic E-state index is 2.49. The van der Waals surface area contributed by atoms with Crippen LogP contribution < -0.4 is 0 Å². The van der Waals surface area contributed by atoms with Crippen molar-refractivity contribution in [2.24, 2.45) is 0 Å². The molecule has 0 aliphatic heterocycles. The van der Waals surface area contributed by atoms with Crippen molar-refractivity contribution in [1.82, 2.24) is 9.13 Å². The molecular formula is C54H38N2. The van der Waals surface area contributed by atoms with E-state index < -0.39 is 0 Å². The lowest BCUT2D eigenvalue weighted by Gasteiger charge is -2.14. The number of nitrogens with zero attached hydrogens (tertiary/aromatic N) is 2. The molecule has 0 spiro atoms. The predicted molar refractivity (Wildman–Crippen MR) is 237 cm³/mol. The Kier molecular flexibility index (Phi) is 7.67. The summed E-state index contributed by atoms with van der Waals surface area (Å²) in [5.41, 5.74) is 18.6. The van der Waals surface area contributed by atoms with Gasteiger partial charge in [0.25, 0.3) is 0 Å². The van der Waals surface area contributed by atoms with Gasteiger partial charge in [0.2, 0.25) is 0 Å². The molecule has 2 aromatic heterocycles. The molecule has 0 fully saturated rings. The number of para-hydroxylation sites is 2. The Morgan fingerprint density at radius 1 is 0.357 bits per heavy atom. The van der Waals surface area contributed by atoms with E-state index in [1.165, 1.54) is 99.8 Å². The quantitative estimate of drug-likeness (QED) is 0.162. The van der Waals surface area contributed by atoms with Gasteiger partial charge in [-0.25, -0.2) is 0 Å². The SMILES string of the molecule is C1=Cc2c(n(-c3ccc(-c4ccc(-c5ccccc5)cc4)cc3)c3ccc(-c4ccc5c(c4)c4ccccc4n5-c4ccccc4-c4ccccc4)cc23)CC1. The predicted octanol–water partition coefficient (Wildman–Crippen LogP) is 14.4. The van der Waals surface area contributed by atoms with Crippen molar-refractivity contribution in [2.45, 2.75) is 12.8 Å². The van der Waals surface area contributed by atoms with Crippen LogP contribution in [0.5, 0.6) is 0 Å². The summed E-state index contributed by atoms with van der Waals surface area (Å²) in [5.74, 6) is 0. The van der Waals surface area contributed by atoms with E-state index >= 15 is 0 Å². The number of fused-ring (bicyclic) bond motifs is 6. The molecule has 2 nitrogen and oxygen atoms in total. The minimum atomic E-state index is 1.02. The highest BCUT2D eigenvalue weighted by Crippen LogP contribution is 2.40. The highest BCUT2D eigenvalue weighted by Gasteiger charge is 2.21.